The molecule has 0 radical (unpaired) electrons. The molecule has 0 atom stereocenters. The second-order valence-electron chi connectivity index (χ2n) is 5.25. The number of sulfonamides is 1. The molecule has 1 aromatic carbocycles. The predicted molar refractivity (Wildman–Crippen MR) is 75.8 cm³/mol. The Morgan fingerprint density at radius 2 is 2.00 bits per heavy atom. The molecule has 0 unspecified atom stereocenters. The van der Waals surface area contributed by atoms with Gasteiger partial charge in [-0.1, -0.05) is 32.4 Å². The van der Waals surface area contributed by atoms with Crippen LogP contribution >= 0.6 is 11.6 Å². The molecule has 0 aliphatic carbocycles. The first-order chi connectivity index (χ1) is 9.08. The van der Waals surface area contributed by atoms with E-state index in [0.717, 1.165) is 0 Å². The van der Waals surface area contributed by atoms with E-state index in [1.165, 1.54) is 18.2 Å². The van der Waals surface area contributed by atoms with Crippen LogP contribution in [0.15, 0.2) is 23.1 Å². The van der Waals surface area contributed by atoms with Crippen molar-refractivity contribution in [3.05, 3.63) is 28.8 Å². The first kappa shape index (κ1) is 16.6. The fourth-order valence-corrected chi connectivity index (χ4v) is 2.79. The average molecular weight is 315 g/mol. The number of nitrogens with zero attached hydrogens (tertiary/aromatic N) is 1. The van der Waals surface area contributed by atoms with Crippen molar-refractivity contribution in [2.24, 2.45) is 5.41 Å². The van der Waals surface area contributed by atoms with Crippen LogP contribution in [0.2, 0.25) is 5.02 Å². The van der Waals surface area contributed by atoms with Crippen LogP contribution in [0.1, 0.15) is 26.3 Å². The number of hydrogen-bond donors (Lipinski definition) is 1. The standard InChI is InChI=1S/C13H15ClN2O3S/c1-13(2,3)12(17)8-16-20(18,19)11-6-9(7-15)4-5-10(11)14/h4-6,16H,8H2,1-3H3. The van der Waals surface area contributed by atoms with Gasteiger partial charge in [0, 0.05) is 5.41 Å². The van der Waals surface area contributed by atoms with E-state index in [1.54, 1.807) is 20.8 Å². The number of carbonyl (C=O) groups is 1. The summed E-state index contributed by atoms with van der Waals surface area (Å²) in [6, 6.07) is 5.76. The van der Waals surface area contributed by atoms with Crippen molar-refractivity contribution in [2.45, 2.75) is 25.7 Å². The number of rotatable bonds is 4. The molecule has 0 amide bonds. The zero-order valence-corrected chi connectivity index (χ0v) is 13.0. The molecule has 20 heavy (non-hydrogen) atoms. The van der Waals surface area contributed by atoms with Crippen molar-refractivity contribution in [1.82, 2.24) is 4.72 Å². The normalized spacial score (nSPS) is 11.9. The third-order valence-corrected chi connectivity index (χ3v) is 4.49. The summed E-state index contributed by atoms with van der Waals surface area (Å²) in [4.78, 5) is 11.5. The Morgan fingerprint density at radius 1 is 1.40 bits per heavy atom. The molecule has 0 bridgehead atoms. The lowest BCUT2D eigenvalue weighted by Gasteiger charge is -2.17. The largest absolute Gasteiger partial charge is 0.298 e. The molecule has 0 saturated heterocycles. The highest BCUT2D eigenvalue weighted by molar-refractivity contribution is 7.89. The maximum Gasteiger partial charge on any atom is 0.242 e. The fraction of sp³-hybridized carbons (Fsp3) is 0.385. The maximum absolute atomic E-state index is 12.1. The van der Waals surface area contributed by atoms with Gasteiger partial charge in [-0.15, -0.1) is 0 Å². The Kier molecular flexibility index (Phi) is 4.92. The first-order valence-electron chi connectivity index (χ1n) is 5.80. The Morgan fingerprint density at radius 3 is 2.50 bits per heavy atom. The number of ketones is 1. The summed E-state index contributed by atoms with van der Waals surface area (Å²) in [5.41, 5.74) is -0.460. The van der Waals surface area contributed by atoms with E-state index < -0.39 is 15.4 Å². The SMILES string of the molecule is CC(C)(C)C(=O)CNS(=O)(=O)c1cc(C#N)ccc1Cl. The summed E-state index contributed by atoms with van der Waals surface area (Å²) >= 11 is 5.83. The number of carbonyl (C=O) groups excluding carboxylic acids is 1. The Bertz CT molecular complexity index is 670. The van der Waals surface area contributed by atoms with Gasteiger partial charge in [-0.2, -0.15) is 5.26 Å². The van der Waals surface area contributed by atoms with Gasteiger partial charge in [-0.05, 0) is 18.2 Å². The molecule has 1 rings (SSSR count). The van der Waals surface area contributed by atoms with Gasteiger partial charge in [0.2, 0.25) is 10.0 Å². The van der Waals surface area contributed by atoms with Gasteiger partial charge in [0.25, 0.3) is 0 Å². The van der Waals surface area contributed by atoms with Crippen LogP contribution in [0.5, 0.6) is 0 Å². The molecule has 1 N–H and O–H groups in total. The molecule has 0 aliphatic heterocycles. The summed E-state index contributed by atoms with van der Waals surface area (Å²) in [7, 11) is -3.93. The van der Waals surface area contributed by atoms with Crippen LogP contribution in [-0.4, -0.2) is 20.7 Å². The minimum atomic E-state index is -3.93. The Balaban J connectivity index is 3.02. The quantitative estimate of drug-likeness (QED) is 0.922. The summed E-state index contributed by atoms with van der Waals surface area (Å²) in [5, 5.41) is 8.78. The van der Waals surface area contributed by atoms with Crippen molar-refractivity contribution in [3.63, 3.8) is 0 Å². The van der Waals surface area contributed by atoms with Crippen LogP contribution < -0.4 is 4.72 Å². The van der Waals surface area contributed by atoms with Gasteiger partial charge in [0.05, 0.1) is 23.2 Å². The lowest BCUT2D eigenvalue weighted by atomic mass is 9.91. The molecule has 0 aromatic heterocycles. The zero-order chi connectivity index (χ0) is 15.6. The average Bonchev–Trinajstić information content (AvgIpc) is 2.35. The molecule has 0 spiro atoms. The maximum atomic E-state index is 12.1. The van der Waals surface area contributed by atoms with Crippen molar-refractivity contribution in [3.8, 4) is 6.07 Å². The molecular weight excluding hydrogens is 300 g/mol. The van der Waals surface area contributed by atoms with Crippen LogP contribution in [0.25, 0.3) is 0 Å². The third-order valence-electron chi connectivity index (χ3n) is 2.61. The molecule has 108 valence electrons. The smallest absolute Gasteiger partial charge is 0.242 e. The number of benzene rings is 1. The summed E-state index contributed by atoms with van der Waals surface area (Å²) in [5.74, 6) is -0.242. The third kappa shape index (κ3) is 4.04. The van der Waals surface area contributed by atoms with E-state index in [0.29, 0.717) is 0 Å². The molecule has 1 aromatic rings. The molecule has 7 heteroatoms. The van der Waals surface area contributed by atoms with Gasteiger partial charge in [-0.25, -0.2) is 13.1 Å². The number of hydrogen-bond acceptors (Lipinski definition) is 4. The molecule has 0 fully saturated rings. The number of halogens is 1. The monoisotopic (exact) mass is 314 g/mol. The highest BCUT2D eigenvalue weighted by Crippen LogP contribution is 2.22. The summed E-state index contributed by atoms with van der Waals surface area (Å²) in [6.07, 6.45) is 0. The van der Waals surface area contributed by atoms with E-state index in [4.69, 9.17) is 16.9 Å². The second kappa shape index (κ2) is 5.92. The number of nitrogens with one attached hydrogen (secondary N) is 1. The number of Topliss-reactive ketones (excluding diaryl/α,β-unsaturated/α-hetero) is 1. The lowest BCUT2D eigenvalue weighted by molar-refractivity contribution is -0.125. The van der Waals surface area contributed by atoms with Crippen LogP contribution in [0.4, 0.5) is 0 Å². The van der Waals surface area contributed by atoms with Crippen molar-refractivity contribution in [1.29, 1.82) is 5.26 Å². The van der Waals surface area contributed by atoms with Gasteiger partial charge in [-0.3, -0.25) is 4.79 Å². The topological polar surface area (TPSA) is 87.0 Å². The highest BCUT2D eigenvalue weighted by atomic mass is 35.5. The van der Waals surface area contributed by atoms with Gasteiger partial charge in [0.1, 0.15) is 4.90 Å². The molecular formula is C13H15ClN2O3S. The van der Waals surface area contributed by atoms with Gasteiger partial charge in [0.15, 0.2) is 5.78 Å². The summed E-state index contributed by atoms with van der Waals surface area (Å²) < 4.78 is 26.4. The van der Waals surface area contributed by atoms with Crippen molar-refractivity contribution >= 4 is 27.4 Å². The molecule has 0 saturated carbocycles. The van der Waals surface area contributed by atoms with Gasteiger partial charge >= 0.3 is 0 Å². The second-order valence-corrected chi connectivity index (χ2v) is 7.40. The van der Waals surface area contributed by atoms with E-state index in [-0.39, 0.29) is 27.8 Å². The predicted octanol–water partition coefficient (Wildman–Crippen LogP) is 2.11. The fourth-order valence-electron chi connectivity index (χ4n) is 1.28. The molecule has 5 nitrogen and oxygen atoms in total. The Labute approximate surface area is 123 Å². The van der Waals surface area contributed by atoms with Crippen molar-refractivity contribution < 1.29 is 13.2 Å². The zero-order valence-electron chi connectivity index (χ0n) is 11.4. The minimum absolute atomic E-state index is 0.000271. The minimum Gasteiger partial charge on any atom is -0.298 e. The molecule has 0 heterocycles. The number of nitriles is 1. The molecule has 0 aliphatic rings. The van der Waals surface area contributed by atoms with Crippen molar-refractivity contribution in [2.75, 3.05) is 6.54 Å². The first-order valence-corrected chi connectivity index (χ1v) is 7.66. The van der Waals surface area contributed by atoms with Gasteiger partial charge < -0.3 is 0 Å². The van der Waals surface area contributed by atoms with E-state index in [2.05, 4.69) is 4.72 Å². The van der Waals surface area contributed by atoms with E-state index >= 15 is 0 Å². The van der Waals surface area contributed by atoms with E-state index in [1.807, 2.05) is 6.07 Å². The summed E-state index contributed by atoms with van der Waals surface area (Å²) in [6.45, 7) is 4.78. The lowest BCUT2D eigenvalue weighted by Crippen LogP contribution is -2.35. The van der Waals surface area contributed by atoms with E-state index in [9.17, 15) is 13.2 Å². The van der Waals surface area contributed by atoms with Crippen LogP contribution in [-0.2, 0) is 14.8 Å². The van der Waals surface area contributed by atoms with Crippen LogP contribution in [0, 0.1) is 16.7 Å². The highest BCUT2D eigenvalue weighted by Gasteiger charge is 2.25. The Hall–Kier alpha value is -1.42. The van der Waals surface area contributed by atoms with Crippen LogP contribution in [0.3, 0.4) is 0 Å².